The van der Waals surface area contributed by atoms with Crippen molar-refractivity contribution in [1.29, 1.82) is 0 Å². The van der Waals surface area contributed by atoms with Gasteiger partial charge in [0.1, 0.15) is 11.5 Å². The van der Waals surface area contributed by atoms with E-state index in [1.807, 2.05) is 9.58 Å². The molecule has 0 radical (unpaired) electrons. The molecule has 3 heterocycles. The van der Waals surface area contributed by atoms with Crippen molar-refractivity contribution in [1.82, 2.24) is 24.8 Å². The number of piperidine rings is 1. The number of aromatic nitrogens is 3. The van der Waals surface area contributed by atoms with Crippen molar-refractivity contribution < 1.29 is 9.18 Å². The Morgan fingerprint density at radius 1 is 1.07 bits per heavy atom. The Morgan fingerprint density at radius 3 is 2.74 bits per heavy atom. The average molecular weight is 371 g/mol. The summed E-state index contributed by atoms with van der Waals surface area (Å²) in [6, 6.07) is 6.28. The molecule has 1 amide bonds. The molecule has 2 aromatic rings. The van der Waals surface area contributed by atoms with Gasteiger partial charge in [0, 0.05) is 19.6 Å². The van der Waals surface area contributed by atoms with Crippen molar-refractivity contribution >= 4 is 5.91 Å². The van der Waals surface area contributed by atoms with Gasteiger partial charge < -0.3 is 4.90 Å². The molecule has 2 aliphatic heterocycles. The molecule has 1 aromatic carbocycles. The van der Waals surface area contributed by atoms with Crippen LogP contribution in [0.5, 0.6) is 0 Å². The number of hydrogen-bond acceptors (Lipinski definition) is 4. The van der Waals surface area contributed by atoms with E-state index in [0.29, 0.717) is 18.7 Å². The van der Waals surface area contributed by atoms with Crippen molar-refractivity contribution in [2.24, 2.45) is 0 Å². The summed E-state index contributed by atoms with van der Waals surface area (Å²) >= 11 is 0. The molecule has 1 fully saturated rings. The molecule has 0 unspecified atom stereocenters. The summed E-state index contributed by atoms with van der Waals surface area (Å²) in [6.45, 7) is 5.03. The van der Waals surface area contributed by atoms with Gasteiger partial charge in [-0.2, -0.15) is 0 Å². The smallest absolute Gasteiger partial charge is 0.227 e. The highest BCUT2D eigenvalue weighted by molar-refractivity contribution is 5.78. The van der Waals surface area contributed by atoms with Gasteiger partial charge in [0.2, 0.25) is 5.91 Å². The number of amides is 1. The van der Waals surface area contributed by atoms with Gasteiger partial charge in [0.05, 0.1) is 18.7 Å². The normalized spacial score (nSPS) is 18.2. The van der Waals surface area contributed by atoms with Gasteiger partial charge in [-0.05, 0) is 50.0 Å². The summed E-state index contributed by atoms with van der Waals surface area (Å²) in [5, 5.41) is 8.73. The third-order valence-corrected chi connectivity index (χ3v) is 5.48. The number of rotatable bonds is 4. The number of halogens is 1. The molecule has 0 aliphatic carbocycles. The average Bonchev–Trinajstić information content (AvgIpc) is 2.90. The lowest BCUT2D eigenvalue weighted by Crippen LogP contribution is -2.33. The van der Waals surface area contributed by atoms with Crippen molar-refractivity contribution in [3.05, 3.63) is 47.0 Å². The van der Waals surface area contributed by atoms with Crippen LogP contribution in [0.4, 0.5) is 4.39 Å². The summed E-state index contributed by atoms with van der Waals surface area (Å²) in [7, 11) is 0. The number of benzene rings is 1. The van der Waals surface area contributed by atoms with Gasteiger partial charge in [-0.1, -0.05) is 23.8 Å². The first-order valence-electron chi connectivity index (χ1n) is 9.85. The molecule has 4 rings (SSSR count). The van der Waals surface area contributed by atoms with Gasteiger partial charge in [-0.3, -0.25) is 9.69 Å². The van der Waals surface area contributed by atoms with Gasteiger partial charge in [-0.25, -0.2) is 9.07 Å². The molecule has 27 heavy (non-hydrogen) atoms. The van der Waals surface area contributed by atoms with Crippen LogP contribution in [0.1, 0.15) is 42.6 Å². The minimum Gasteiger partial charge on any atom is -0.336 e. The highest BCUT2D eigenvalue weighted by Gasteiger charge is 2.24. The predicted octanol–water partition coefficient (Wildman–Crippen LogP) is 2.38. The number of nitrogens with zero attached hydrogens (tertiary/aromatic N) is 5. The van der Waals surface area contributed by atoms with Crippen LogP contribution in [0.3, 0.4) is 0 Å². The summed E-state index contributed by atoms with van der Waals surface area (Å²) < 4.78 is 15.4. The Balaban J connectivity index is 1.46. The number of carbonyl (C=O) groups excluding carboxylic acids is 1. The summed E-state index contributed by atoms with van der Waals surface area (Å²) in [6.07, 6.45) is 4.86. The lowest BCUT2D eigenvalue weighted by molar-refractivity contribution is -0.131. The fourth-order valence-corrected chi connectivity index (χ4v) is 3.99. The zero-order valence-electron chi connectivity index (χ0n) is 15.6. The fourth-order valence-electron chi connectivity index (χ4n) is 3.99. The summed E-state index contributed by atoms with van der Waals surface area (Å²) in [5.41, 5.74) is 2.75. The van der Waals surface area contributed by atoms with E-state index in [-0.39, 0.29) is 18.1 Å². The van der Waals surface area contributed by atoms with Crippen LogP contribution in [0.2, 0.25) is 0 Å². The minimum absolute atomic E-state index is 0.0270. The van der Waals surface area contributed by atoms with Crippen LogP contribution in [0.15, 0.2) is 24.3 Å². The zero-order valence-corrected chi connectivity index (χ0v) is 15.6. The Bertz CT molecular complexity index is 799. The number of aryl methyl sites for hydroxylation is 1. The molecule has 7 heteroatoms. The van der Waals surface area contributed by atoms with E-state index in [0.717, 1.165) is 44.0 Å². The number of hydrogen-bond donors (Lipinski definition) is 0. The first kappa shape index (κ1) is 18.1. The lowest BCUT2D eigenvalue weighted by atomic mass is 10.1. The molecule has 0 N–H and O–H groups in total. The van der Waals surface area contributed by atoms with Gasteiger partial charge >= 0.3 is 0 Å². The van der Waals surface area contributed by atoms with E-state index in [4.69, 9.17) is 0 Å². The Morgan fingerprint density at radius 2 is 1.93 bits per heavy atom. The third-order valence-electron chi connectivity index (χ3n) is 5.48. The van der Waals surface area contributed by atoms with Crippen molar-refractivity contribution in [3.8, 4) is 0 Å². The quantitative estimate of drug-likeness (QED) is 0.828. The van der Waals surface area contributed by atoms with Gasteiger partial charge in [0.25, 0.3) is 0 Å². The molecule has 1 aromatic heterocycles. The molecule has 0 saturated carbocycles. The van der Waals surface area contributed by atoms with Crippen LogP contribution < -0.4 is 0 Å². The van der Waals surface area contributed by atoms with Crippen LogP contribution in [-0.4, -0.2) is 50.3 Å². The maximum Gasteiger partial charge on any atom is 0.227 e. The SMILES string of the molecule is O=C(Cc1cccc(F)c1)N1CCCn2nnc(CN3CCCCC3)c2C1. The summed E-state index contributed by atoms with van der Waals surface area (Å²) in [5.74, 6) is -0.276. The molecule has 6 nitrogen and oxygen atoms in total. The van der Waals surface area contributed by atoms with E-state index in [1.165, 1.54) is 31.4 Å². The molecule has 0 atom stereocenters. The van der Waals surface area contributed by atoms with E-state index in [1.54, 1.807) is 12.1 Å². The van der Waals surface area contributed by atoms with Crippen LogP contribution >= 0.6 is 0 Å². The maximum absolute atomic E-state index is 13.4. The highest BCUT2D eigenvalue weighted by atomic mass is 19.1. The number of likely N-dealkylation sites (tertiary alicyclic amines) is 1. The maximum atomic E-state index is 13.4. The first-order chi connectivity index (χ1) is 13.2. The van der Waals surface area contributed by atoms with E-state index >= 15 is 0 Å². The number of carbonyl (C=O) groups is 1. The molecular formula is C20H26FN5O. The second-order valence-electron chi connectivity index (χ2n) is 7.52. The van der Waals surface area contributed by atoms with Crippen LogP contribution in [-0.2, 0) is 30.8 Å². The van der Waals surface area contributed by atoms with E-state index in [9.17, 15) is 9.18 Å². The zero-order chi connectivity index (χ0) is 18.6. The summed E-state index contributed by atoms with van der Waals surface area (Å²) in [4.78, 5) is 17.1. The third kappa shape index (κ3) is 4.35. The van der Waals surface area contributed by atoms with Crippen LogP contribution in [0, 0.1) is 5.82 Å². The number of fused-ring (bicyclic) bond motifs is 1. The highest BCUT2D eigenvalue weighted by Crippen LogP contribution is 2.19. The second kappa shape index (κ2) is 8.17. The standard InChI is InChI=1S/C20H26FN5O/c21-17-7-4-6-16(12-17)13-20(27)25-10-5-11-26-19(15-25)18(22-23-26)14-24-8-2-1-3-9-24/h4,6-7,12H,1-3,5,8-11,13-15H2. The second-order valence-corrected chi connectivity index (χ2v) is 7.52. The Labute approximate surface area is 158 Å². The van der Waals surface area contributed by atoms with Crippen molar-refractivity contribution in [2.75, 3.05) is 19.6 Å². The van der Waals surface area contributed by atoms with Gasteiger partial charge in [0.15, 0.2) is 0 Å². The molecule has 0 bridgehead atoms. The predicted molar refractivity (Wildman–Crippen MR) is 99.3 cm³/mol. The van der Waals surface area contributed by atoms with E-state index < -0.39 is 0 Å². The lowest BCUT2D eigenvalue weighted by Gasteiger charge is -2.26. The van der Waals surface area contributed by atoms with Crippen LogP contribution in [0.25, 0.3) is 0 Å². The molecule has 144 valence electrons. The van der Waals surface area contributed by atoms with E-state index in [2.05, 4.69) is 15.2 Å². The monoisotopic (exact) mass is 371 g/mol. The fraction of sp³-hybridized carbons (Fsp3) is 0.550. The Hall–Kier alpha value is -2.28. The Kier molecular flexibility index (Phi) is 5.48. The molecular weight excluding hydrogens is 345 g/mol. The molecule has 0 spiro atoms. The molecule has 2 aliphatic rings. The molecule has 1 saturated heterocycles. The first-order valence-corrected chi connectivity index (χ1v) is 9.85. The largest absolute Gasteiger partial charge is 0.336 e. The minimum atomic E-state index is -0.303. The van der Waals surface area contributed by atoms with Crippen molar-refractivity contribution in [2.45, 2.75) is 51.7 Å². The topological polar surface area (TPSA) is 54.3 Å². The van der Waals surface area contributed by atoms with Gasteiger partial charge in [-0.15, -0.1) is 5.10 Å². The van der Waals surface area contributed by atoms with Crippen molar-refractivity contribution in [3.63, 3.8) is 0 Å².